The molecule has 0 amide bonds. The smallest absolute Gasteiger partial charge is 0.104 e. The third kappa shape index (κ3) is 1.13. The molecular weight excluding hydrogens is 126 g/mol. The van der Waals surface area contributed by atoms with Gasteiger partial charge in [-0.1, -0.05) is 0 Å². The molecule has 1 rings (SSSR count). The first-order valence-electron chi connectivity index (χ1n) is 3.01. The molecule has 0 spiro atoms. The molecule has 3 nitrogen and oxygen atoms in total. The Morgan fingerprint density at radius 3 is 3.00 bits per heavy atom. The first-order chi connectivity index (χ1) is 4.88. The molecule has 0 saturated carbocycles. The number of rotatable bonds is 2. The van der Waals surface area contributed by atoms with Crippen LogP contribution < -0.4 is 5.32 Å². The average molecular weight is 135 g/mol. The molecule has 1 aromatic rings. The fourth-order valence-corrected chi connectivity index (χ4v) is 0.744. The summed E-state index contributed by atoms with van der Waals surface area (Å²) in [5.41, 5.74) is 1.56. The van der Waals surface area contributed by atoms with E-state index >= 15 is 0 Å². The van der Waals surface area contributed by atoms with Gasteiger partial charge in [-0.2, -0.15) is 0 Å². The van der Waals surface area contributed by atoms with Gasteiger partial charge in [-0.15, -0.1) is 0 Å². The zero-order valence-corrected chi connectivity index (χ0v) is 5.76. The van der Waals surface area contributed by atoms with Crippen LogP contribution in [0, 0.1) is 5.41 Å². The molecule has 0 aliphatic heterocycles. The van der Waals surface area contributed by atoms with Gasteiger partial charge < -0.3 is 10.7 Å². The quantitative estimate of drug-likeness (QED) is 0.597. The Hall–Kier alpha value is -1.38. The maximum Gasteiger partial charge on any atom is 0.104 e. The van der Waals surface area contributed by atoms with Gasteiger partial charge in [-0.25, -0.2) is 0 Å². The third-order valence-electron chi connectivity index (χ3n) is 1.24. The second-order valence-electron chi connectivity index (χ2n) is 1.83. The summed E-state index contributed by atoms with van der Waals surface area (Å²) in [6, 6.07) is 3.71. The van der Waals surface area contributed by atoms with Crippen molar-refractivity contribution in [1.82, 2.24) is 4.98 Å². The van der Waals surface area contributed by atoms with Crippen LogP contribution in [0.1, 0.15) is 5.69 Å². The normalized spacial score (nSPS) is 8.90. The Morgan fingerprint density at radius 1 is 1.70 bits per heavy atom. The molecule has 0 saturated heterocycles. The van der Waals surface area contributed by atoms with Crippen molar-refractivity contribution in [2.24, 2.45) is 0 Å². The average Bonchev–Trinajstić information content (AvgIpc) is 2.04. The van der Waals surface area contributed by atoms with Crippen molar-refractivity contribution in [3.8, 4) is 0 Å². The van der Waals surface area contributed by atoms with Gasteiger partial charge in [0.25, 0.3) is 0 Å². The van der Waals surface area contributed by atoms with Crippen LogP contribution in [0.15, 0.2) is 18.3 Å². The van der Waals surface area contributed by atoms with Crippen LogP contribution in [0.2, 0.25) is 0 Å². The standard InChI is InChI=1S/C7H9N3/c1-9-6-3-2-4-10-7(6)5-8/h2-5,8-9H,1H3. The summed E-state index contributed by atoms with van der Waals surface area (Å²) in [5, 5.41) is 9.89. The molecule has 0 fully saturated rings. The Kier molecular flexibility index (Phi) is 1.99. The van der Waals surface area contributed by atoms with E-state index in [1.807, 2.05) is 19.2 Å². The third-order valence-corrected chi connectivity index (χ3v) is 1.24. The van der Waals surface area contributed by atoms with Gasteiger partial charge in [0.05, 0.1) is 5.69 Å². The minimum Gasteiger partial charge on any atom is -0.386 e. The van der Waals surface area contributed by atoms with Gasteiger partial charge in [-0.05, 0) is 12.1 Å². The van der Waals surface area contributed by atoms with E-state index < -0.39 is 0 Å². The van der Waals surface area contributed by atoms with Gasteiger partial charge in [-0.3, -0.25) is 4.98 Å². The molecule has 0 radical (unpaired) electrons. The van der Waals surface area contributed by atoms with Gasteiger partial charge >= 0.3 is 0 Å². The van der Waals surface area contributed by atoms with Crippen LogP contribution in [-0.2, 0) is 0 Å². The highest BCUT2D eigenvalue weighted by Crippen LogP contribution is 2.06. The number of hydrogen-bond donors (Lipinski definition) is 2. The number of anilines is 1. The zero-order chi connectivity index (χ0) is 7.40. The molecular formula is C7H9N3. The summed E-state index contributed by atoms with van der Waals surface area (Å²) in [6.45, 7) is 0. The largest absolute Gasteiger partial charge is 0.386 e. The Morgan fingerprint density at radius 2 is 2.50 bits per heavy atom. The van der Waals surface area contributed by atoms with E-state index in [1.54, 1.807) is 6.20 Å². The van der Waals surface area contributed by atoms with Crippen LogP contribution >= 0.6 is 0 Å². The summed E-state index contributed by atoms with van der Waals surface area (Å²) in [6.07, 6.45) is 2.90. The molecule has 0 aliphatic carbocycles. The van der Waals surface area contributed by atoms with Crippen LogP contribution in [0.4, 0.5) is 5.69 Å². The summed E-state index contributed by atoms with van der Waals surface area (Å²) < 4.78 is 0. The lowest BCUT2D eigenvalue weighted by Crippen LogP contribution is -1.95. The van der Waals surface area contributed by atoms with Crippen molar-refractivity contribution in [1.29, 1.82) is 5.41 Å². The Bertz CT molecular complexity index is 232. The van der Waals surface area contributed by atoms with Gasteiger partial charge in [0, 0.05) is 19.5 Å². The summed E-state index contributed by atoms with van der Waals surface area (Å²) in [5.74, 6) is 0. The second-order valence-corrected chi connectivity index (χ2v) is 1.83. The van der Waals surface area contributed by atoms with E-state index in [1.165, 1.54) is 6.21 Å². The molecule has 0 aromatic carbocycles. The van der Waals surface area contributed by atoms with Crippen LogP contribution in [0.3, 0.4) is 0 Å². The molecule has 0 atom stereocenters. The highest BCUT2D eigenvalue weighted by atomic mass is 14.9. The van der Waals surface area contributed by atoms with Crippen molar-refractivity contribution < 1.29 is 0 Å². The zero-order valence-electron chi connectivity index (χ0n) is 5.76. The van der Waals surface area contributed by atoms with Crippen LogP contribution in [-0.4, -0.2) is 18.2 Å². The van der Waals surface area contributed by atoms with Crippen molar-refractivity contribution >= 4 is 11.9 Å². The highest BCUT2D eigenvalue weighted by molar-refractivity contribution is 5.82. The summed E-state index contributed by atoms with van der Waals surface area (Å²) >= 11 is 0. The lowest BCUT2D eigenvalue weighted by Gasteiger charge is -2.00. The van der Waals surface area contributed by atoms with E-state index in [4.69, 9.17) is 5.41 Å². The van der Waals surface area contributed by atoms with E-state index in [0.717, 1.165) is 5.69 Å². The maximum absolute atomic E-state index is 6.96. The molecule has 52 valence electrons. The fourth-order valence-electron chi connectivity index (χ4n) is 0.744. The monoisotopic (exact) mass is 135 g/mol. The first kappa shape index (κ1) is 6.74. The van der Waals surface area contributed by atoms with Crippen molar-refractivity contribution in [3.05, 3.63) is 24.0 Å². The molecule has 0 unspecified atom stereocenters. The SMILES string of the molecule is CNc1cccnc1C=N. The second kappa shape index (κ2) is 2.96. The number of nitrogens with one attached hydrogen (secondary N) is 2. The first-order valence-corrected chi connectivity index (χ1v) is 3.01. The molecule has 10 heavy (non-hydrogen) atoms. The predicted molar refractivity (Wildman–Crippen MR) is 41.7 cm³/mol. The van der Waals surface area contributed by atoms with Crippen molar-refractivity contribution in [3.63, 3.8) is 0 Å². The van der Waals surface area contributed by atoms with Gasteiger partial charge in [0.1, 0.15) is 5.69 Å². The van der Waals surface area contributed by atoms with E-state index in [9.17, 15) is 0 Å². The lowest BCUT2D eigenvalue weighted by atomic mass is 10.3. The molecule has 2 N–H and O–H groups in total. The molecule has 1 heterocycles. The van der Waals surface area contributed by atoms with Crippen LogP contribution in [0.25, 0.3) is 0 Å². The molecule has 0 aliphatic rings. The fraction of sp³-hybridized carbons (Fsp3) is 0.143. The number of hydrogen-bond acceptors (Lipinski definition) is 3. The molecule has 3 heteroatoms. The molecule has 1 aromatic heterocycles. The molecule has 0 bridgehead atoms. The number of nitrogens with zero attached hydrogens (tertiary/aromatic N) is 1. The maximum atomic E-state index is 6.96. The minimum absolute atomic E-state index is 0.671. The van der Waals surface area contributed by atoms with Gasteiger partial charge in [0.15, 0.2) is 0 Å². The van der Waals surface area contributed by atoms with E-state index in [0.29, 0.717) is 5.69 Å². The number of aromatic nitrogens is 1. The Balaban J connectivity index is 3.08. The highest BCUT2D eigenvalue weighted by Gasteiger charge is 1.94. The van der Waals surface area contributed by atoms with Crippen LogP contribution in [0.5, 0.6) is 0 Å². The minimum atomic E-state index is 0.671. The van der Waals surface area contributed by atoms with Crippen molar-refractivity contribution in [2.45, 2.75) is 0 Å². The topological polar surface area (TPSA) is 48.8 Å². The van der Waals surface area contributed by atoms with Crippen molar-refractivity contribution in [2.75, 3.05) is 12.4 Å². The Labute approximate surface area is 59.6 Å². The summed E-state index contributed by atoms with van der Waals surface area (Å²) in [4.78, 5) is 3.96. The lowest BCUT2D eigenvalue weighted by molar-refractivity contribution is 1.28. The van der Waals surface area contributed by atoms with E-state index in [-0.39, 0.29) is 0 Å². The van der Waals surface area contributed by atoms with E-state index in [2.05, 4.69) is 10.3 Å². The predicted octanol–water partition coefficient (Wildman–Crippen LogP) is 1.12. The number of pyridine rings is 1. The summed E-state index contributed by atoms with van der Waals surface area (Å²) in [7, 11) is 1.81. The van der Waals surface area contributed by atoms with Gasteiger partial charge in [0.2, 0.25) is 0 Å².